The van der Waals surface area contributed by atoms with Gasteiger partial charge in [0, 0.05) is 6.42 Å². The van der Waals surface area contributed by atoms with E-state index in [-0.39, 0.29) is 5.97 Å². The number of carbonyl (C=O) groups is 1. The molecule has 0 bridgehead atoms. The van der Waals surface area contributed by atoms with E-state index in [1.54, 1.807) is 0 Å². The van der Waals surface area contributed by atoms with E-state index in [4.69, 9.17) is 4.74 Å². The summed E-state index contributed by atoms with van der Waals surface area (Å²) in [7, 11) is 0. The molecule has 43 heavy (non-hydrogen) atoms. The van der Waals surface area contributed by atoms with Crippen molar-refractivity contribution < 1.29 is 9.53 Å². The fourth-order valence-electron chi connectivity index (χ4n) is 6.50. The zero-order valence-electron chi connectivity index (χ0n) is 29.8. The van der Waals surface area contributed by atoms with Crippen molar-refractivity contribution in [2.45, 2.75) is 244 Å². The van der Waals surface area contributed by atoms with E-state index in [2.05, 4.69) is 13.5 Å². The molecule has 0 aromatic rings. The molecule has 0 radical (unpaired) electrons. The third-order valence-electron chi connectivity index (χ3n) is 9.45. The standard InChI is InChI=1S/C41H80O2/c1-3-5-6-7-8-9-10-11-12-13-14-15-16-17-18-19-20-21-22-23-24-25-26-27-28-29-30-31-32-33-34-35-36-37-38-39-40-41(42)43-4-2/h4H,2-3,5-40H2,1H3. The van der Waals surface area contributed by atoms with Crippen LogP contribution >= 0.6 is 0 Å². The predicted octanol–water partition coefficient (Wildman–Crippen LogP) is 15.1. The van der Waals surface area contributed by atoms with Gasteiger partial charge in [-0.25, -0.2) is 0 Å². The Kier molecular flexibility index (Phi) is 38.5. The SMILES string of the molecule is C=COC(=O)CCCCCCCCCCCCCCCCCCCCCCCCCCCCCCCCCCCCCC. The second-order valence-corrected chi connectivity index (χ2v) is 13.8. The number of unbranched alkanes of at least 4 members (excludes halogenated alkanes) is 35. The Labute approximate surface area is 272 Å². The van der Waals surface area contributed by atoms with Crippen LogP contribution in [0.2, 0.25) is 0 Å². The van der Waals surface area contributed by atoms with Crippen molar-refractivity contribution in [3.05, 3.63) is 12.8 Å². The molecule has 256 valence electrons. The van der Waals surface area contributed by atoms with Gasteiger partial charge in [0.15, 0.2) is 0 Å². The first kappa shape index (κ1) is 42.2. The second-order valence-electron chi connectivity index (χ2n) is 13.8. The van der Waals surface area contributed by atoms with E-state index < -0.39 is 0 Å². The maximum atomic E-state index is 11.2. The minimum atomic E-state index is -0.142. The summed E-state index contributed by atoms with van der Waals surface area (Å²) in [6.07, 6.45) is 53.1. The second kappa shape index (κ2) is 39.2. The Hall–Kier alpha value is -0.790. The van der Waals surface area contributed by atoms with Gasteiger partial charge in [-0.05, 0) is 6.42 Å². The lowest BCUT2D eigenvalue weighted by molar-refractivity contribution is -0.138. The van der Waals surface area contributed by atoms with E-state index in [0.29, 0.717) is 6.42 Å². The van der Waals surface area contributed by atoms with Gasteiger partial charge in [0.1, 0.15) is 0 Å². The Balaban J connectivity index is 3.05. The van der Waals surface area contributed by atoms with Crippen molar-refractivity contribution in [1.29, 1.82) is 0 Å². The number of ether oxygens (including phenoxy) is 1. The van der Waals surface area contributed by atoms with E-state index in [1.165, 1.54) is 225 Å². The lowest BCUT2D eigenvalue weighted by Gasteiger charge is -2.05. The molecule has 0 rings (SSSR count). The molecule has 0 heterocycles. The molecule has 0 aliphatic carbocycles. The van der Waals surface area contributed by atoms with Crippen LogP contribution < -0.4 is 0 Å². The largest absolute Gasteiger partial charge is 0.435 e. The molecule has 0 fully saturated rings. The summed E-state index contributed by atoms with van der Waals surface area (Å²) < 4.78 is 4.74. The highest BCUT2D eigenvalue weighted by atomic mass is 16.5. The minimum absolute atomic E-state index is 0.142. The van der Waals surface area contributed by atoms with E-state index in [0.717, 1.165) is 12.8 Å². The summed E-state index contributed by atoms with van der Waals surface area (Å²) in [5.74, 6) is -0.142. The summed E-state index contributed by atoms with van der Waals surface area (Å²) in [4.78, 5) is 11.2. The maximum Gasteiger partial charge on any atom is 0.310 e. The van der Waals surface area contributed by atoms with Gasteiger partial charge in [-0.3, -0.25) is 4.79 Å². The van der Waals surface area contributed by atoms with Crippen LogP contribution in [0, 0.1) is 0 Å². The molecular weight excluding hydrogens is 524 g/mol. The van der Waals surface area contributed by atoms with Gasteiger partial charge in [0.25, 0.3) is 0 Å². The molecule has 0 aliphatic heterocycles. The quantitative estimate of drug-likeness (QED) is 0.0398. The van der Waals surface area contributed by atoms with Gasteiger partial charge in [-0.15, -0.1) is 0 Å². The van der Waals surface area contributed by atoms with Gasteiger partial charge >= 0.3 is 5.97 Å². The van der Waals surface area contributed by atoms with Crippen LogP contribution in [0.5, 0.6) is 0 Å². The average molecular weight is 605 g/mol. The molecule has 0 aromatic carbocycles. The summed E-state index contributed by atoms with van der Waals surface area (Å²) in [5, 5.41) is 0. The Morgan fingerprint density at radius 1 is 0.372 bits per heavy atom. The molecule has 0 N–H and O–H groups in total. The van der Waals surface area contributed by atoms with Gasteiger partial charge in [-0.2, -0.15) is 0 Å². The van der Waals surface area contributed by atoms with Crippen molar-refractivity contribution in [1.82, 2.24) is 0 Å². The first-order valence-electron chi connectivity index (χ1n) is 20.1. The third-order valence-corrected chi connectivity index (χ3v) is 9.45. The molecule has 0 aromatic heterocycles. The lowest BCUT2D eigenvalue weighted by Crippen LogP contribution is -1.98. The molecule has 0 unspecified atom stereocenters. The van der Waals surface area contributed by atoms with Gasteiger partial charge in [-0.1, -0.05) is 238 Å². The van der Waals surface area contributed by atoms with Crippen LogP contribution in [0.15, 0.2) is 12.8 Å². The van der Waals surface area contributed by atoms with Crippen LogP contribution in [0.4, 0.5) is 0 Å². The average Bonchev–Trinajstić information content (AvgIpc) is 3.01. The summed E-state index contributed by atoms with van der Waals surface area (Å²) in [6.45, 7) is 5.72. The first-order valence-corrected chi connectivity index (χ1v) is 20.1. The number of carbonyl (C=O) groups excluding carboxylic acids is 1. The molecule has 0 saturated carbocycles. The van der Waals surface area contributed by atoms with Crippen LogP contribution in [0.1, 0.15) is 244 Å². The molecule has 2 heteroatoms. The Bertz CT molecular complexity index is 528. The van der Waals surface area contributed by atoms with E-state index in [1.807, 2.05) is 0 Å². The number of hydrogen-bond donors (Lipinski definition) is 0. The molecule has 0 atom stereocenters. The minimum Gasteiger partial charge on any atom is -0.435 e. The maximum absolute atomic E-state index is 11.2. The molecule has 0 spiro atoms. The fourth-order valence-corrected chi connectivity index (χ4v) is 6.50. The third kappa shape index (κ3) is 39.2. The van der Waals surface area contributed by atoms with Crippen LogP contribution in [-0.2, 0) is 9.53 Å². The lowest BCUT2D eigenvalue weighted by atomic mass is 10.0. The summed E-state index contributed by atoms with van der Waals surface area (Å²) >= 11 is 0. The van der Waals surface area contributed by atoms with Gasteiger partial charge in [0.2, 0.25) is 0 Å². The van der Waals surface area contributed by atoms with Gasteiger partial charge < -0.3 is 4.74 Å². The molecular formula is C41H80O2. The number of hydrogen-bond acceptors (Lipinski definition) is 2. The highest BCUT2D eigenvalue weighted by Gasteiger charge is 2.00. The topological polar surface area (TPSA) is 26.3 Å². The number of rotatable bonds is 38. The van der Waals surface area contributed by atoms with E-state index in [9.17, 15) is 4.79 Å². The predicted molar refractivity (Wildman–Crippen MR) is 193 cm³/mol. The molecule has 0 saturated heterocycles. The van der Waals surface area contributed by atoms with Crippen molar-refractivity contribution in [3.8, 4) is 0 Å². The van der Waals surface area contributed by atoms with Crippen LogP contribution in [-0.4, -0.2) is 5.97 Å². The summed E-state index contributed by atoms with van der Waals surface area (Å²) in [5.41, 5.74) is 0. The summed E-state index contributed by atoms with van der Waals surface area (Å²) in [6, 6.07) is 0. The van der Waals surface area contributed by atoms with Gasteiger partial charge in [0.05, 0.1) is 6.26 Å². The smallest absolute Gasteiger partial charge is 0.310 e. The normalized spacial score (nSPS) is 11.3. The van der Waals surface area contributed by atoms with Crippen molar-refractivity contribution in [3.63, 3.8) is 0 Å². The molecule has 0 aliphatic rings. The van der Waals surface area contributed by atoms with Crippen LogP contribution in [0.25, 0.3) is 0 Å². The zero-order valence-corrected chi connectivity index (χ0v) is 29.8. The molecule has 0 amide bonds. The number of esters is 1. The highest BCUT2D eigenvalue weighted by Crippen LogP contribution is 2.17. The van der Waals surface area contributed by atoms with Crippen LogP contribution in [0.3, 0.4) is 0 Å². The fraction of sp³-hybridized carbons (Fsp3) is 0.927. The highest BCUT2D eigenvalue weighted by molar-refractivity contribution is 5.69. The van der Waals surface area contributed by atoms with Crippen molar-refractivity contribution >= 4 is 5.97 Å². The molecule has 2 nitrogen and oxygen atoms in total. The van der Waals surface area contributed by atoms with E-state index >= 15 is 0 Å². The Morgan fingerprint density at radius 2 is 0.558 bits per heavy atom. The zero-order chi connectivity index (χ0) is 31.2. The Morgan fingerprint density at radius 3 is 0.744 bits per heavy atom. The van der Waals surface area contributed by atoms with Crippen molar-refractivity contribution in [2.75, 3.05) is 0 Å². The first-order chi connectivity index (χ1) is 21.3. The van der Waals surface area contributed by atoms with Crippen molar-refractivity contribution in [2.24, 2.45) is 0 Å². The monoisotopic (exact) mass is 605 g/mol.